The number of nitrogens with zero attached hydrogens (tertiary/aromatic N) is 4. The third kappa shape index (κ3) is 3.75. The number of aromatic amines is 1. The molecule has 2 aliphatic rings. The molecule has 5 aromatic rings. The number of hydrogen-bond donors (Lipinski definition) is 1. The number of benzene rings is 3. The van der Waals surface area contributed by atoms with Gasteiger partial charge in [-0.05, 0) is 66.6 Å². The fourth-order valence-electron chi connectivity index (χ4n) is 5.46. The maximum atomic E-state index is 14.2. The zero-order chi connectivity index (χ0) is 24.2. The summed E-state index contributed by atoms with van der Waals surface area (Å²) in [5, 5.41) is 8.17. The molecule has 36 heavy (non-hydrogen) atoms. The van der Waals surface area contributed by atoms with Gasteiger partial charge in [0.05, 0.1) is 22.7 Å². The van der Waals surface area contributed by atoms with Crippen LogP contribution in [0.2, 0.25) is 0 Å². The van der Waals surface area contributed by atoms with Gasteiger partial charge in [-0.2, -0.15) is 5.10 Å². The molecule has 7 rings (SSSR count). The Balaban J connectivity index is 1.21. The number of imidazole rings is 1. The summed E-state index contributed by atoms with van der Waals surface area (Å²) >= 11 is 0. The van der Waals surface area contributed by atoms with Crippen LogP contribution < -0.4 is 0 Å². The van der Waals surface area contributed by atoms with E-state index in [1.807, 2.05) is 17.2 Å². The van der Waals surface area contributed by atoms with Crippen LogP contribution in [0.1, 0.15) is 19.3 Å². The molecule has 0 spiro atoms. The summed E-state index contributed by atoms with van der Waals surface area (Å²) in [6, 6.07) is 19.4. The molecule has 1 unspecified atom stereocenters. The van der Waals surface area contributed by atoms with E-state index in [0.717, 1.165) is 76.8 Å². The lowest BCUT2D eigenvalue weighted by Crippen LogP contribution is -2.30. The molecule has 6 nitrogen and oxygen atoms in total. The Kier molecular flexibility index (Phi) is 4.91. The first-order valence-corrected chi connectivity index (χ1v) is 12.6. The minimum atomic E-state index is -0.267. The number of carbonyl (C=O) groups is 1. The Morgan fingerprint density at radius 2 is 1.78 bits per heavy atom. The first-order chi connectivity index (χ1) is 17.6. The average Bonchev–Trinajstić information content (AvgIpc) is 3.30. The van der Waals surface area contributed by atoms with Crippen LogP contribution in [0.25, 0.3) is 44.5 Å². The molecular weight excluding hydrogens is 453 g/mol. The molecule has 1 N–H and O–H groups in total. The minimum Gasteiger partial charge on any atom is -0.342 e. The van der Waals surface area contributed by atoms with Gasteiger partial charge in [0.1, 0.15) is 11.6 Å². The topological polar surface area (TPSA) is 66.8 Å². The molecule has 180 valence electrons. The highest BCUT2D eigenvalue weighted by Crippen LogP contribution is 2.34. The summed E-state index contributed by atoms with van der Waals surface area (Å²) in [7, 11) is 0. The molecule has 0 radical (unpaired) electrons. The van der Waals surface area contributed by atoms with E-state index in [9.17, 15) is 9.18 Å². The quantitative estimate of drug-likeness (QED) is 0.355. The number of hydrogen-bond acceptors (Lipinski definition) is 3. The largest absolute Gasteiger partial charge is 0.342 e. The maximum Gasteiger partial charge on any atom is 0.225 e. The van der Waals surface area contributed by atoms with E-state index in [2.05, 4.69) is 51.2 Å². The standard InChI is InChI=1S/C29H26FN5O/c30-24-8-10-26-27(14-24)35(17-18-11-12-34(16-18)29(36)21-5-6-21)28(32-26)20-3-1-19(2-4-20)22-7-9-25-23(13-22)15-31-33-25/h1-4,7-10,13-15,18,21H,5-6,11-12,16-17H2,(H,31,33). The summed E-state index contributed by atoms with van der Waals surface area (Å²) in [6.45, 7) is 2.29. The summed E-state index contributed by atoms with van der Waals surface area (Å²) in [5.74, 6) is 1.45. The normalized spacial score (nSPS) is 17.9. The lowest BCUT2D eigenvalue weighted by molar-refractivity contribution is -0.131. The summed E-state index contributed by atoms with van der Waals surface area (Å²) in [4.78, 5) is 19.5. The van der Waals surface area contributed by atoms with E-state index in [1.165, 1.54) is 6.07 Å². The Morgan fingerprint density at radius 1 is 0.972 bits per heavy atom. The zero-order valence-electron chi connectivity index (χ0n) is 19.8. The van der Waals surface area contributed by atoms with Gasteiger partial charge < -0.3 is 9.47 Å². The highest BCUT2D eigenvalue weighted by atomic mass is 19.1. The maximum absolute atomic E-state index is 14.2. The first-order valence-electron chi connectivity index (χ1n) is 12.6. The number of likely N-dealkylation sites (tertiary alicyclic amines) is 1. The van der Waals surface area contributed by atoms with Crippen LogP contribution >= 0.6 is 0 Å². The van der Waals surface area contributed by atoms with Crippen molar-refractivity contribution in [1.29, 1.82) is 0 Å². The van der Waals surface area contributed by atoms with Crippen LogP contribution in [0.3, 0.4) is 0 Å². The number of halogens is 1. The van der Waals surface area contributed by atoms with Crippen LogP contribution in [-0.2, 0) is 11.3 Å². The van der Waals surface area contributed by atoms with Gasteiger partial charge in [0, 0.05) is 36.5 Å². The Morgan fingerprint density at radius 3 is 2.61 bits per heavy atom. The lowest BCUT2D eigenvalue weighted by atomic mass is 10.0. The second-order valence-electron chi connectivity index (χ2n) is 10.1. The molecule has 1 atom stereocenters. The molecule has 3 heterocycles. The van der Waals surface area contributed by atoms with Crippen molar-refractivity contribution in [3.8, 4) is 22.5 Å². The molecule has 7 heteroatoms. The number of carbonyl (C=O) groups excluding carboxylic acids is 1. The molecule has 2 aromatic heterocycles. The number of amides is 1. The van der Waals surface area contributed by atoms with E-state index >= 15 is 0 Å². The fourth-order valence-corrected chi connectivity index (χ4v) is 5.46. The minimum absolute atomic E-state index is 0.246. The van der Waals surface area contributed by atoms with Crippen molar-refractivity contribution < 1.29 is 9.18 Å². The van der Waals surface area contributed by atoms with Crippen LogP contribution in [0.5, 0.6) is 0 Å². The predicted molar refractivity (Wildman–Crippen MR) is 138 cm³/mol. The molecular formula is C29H26FN5O. The van der Waals surface area contributed by atoms with Crippen molar-refractivity contribution in [1.82, 2.24) is 24.6 Å². The van der Waals surface area contributed by atoms with Gasteiger partial charge in [-0.3, -0.25) is 9.89 Å². The van der Waals surface area contributed by atoms with Crippen molar-refractivity contribution in [3.63, 3.8) is 0 Å². The van der Waals surface area contributed by atoms with E-state index in [1.54, 1.807) is 12.1 Å². The summed E-state index contributed by atoms with van der Waals surface area (Å²) in [6.07, 6.45) is 4.85. The van der Waals surface area contributed by atoms with Gasteiger partial charge in [0.25, 0.3) is 0 Å². The molecule has 0 bridgehead atoms. The second-order valence-corrected chi connectivity index (χ2v) is 10.1. The fraction of sp³-hybridized carbons (Fsp3) is 0.276. The van der Waals surface area contributed by atoms with Crippen molar-refractivity contribution >= 4 is 27.8 Å². The van der Waals surface area contributed by atoms with Gasteiger partial charge in [-0.1, -0.05) is 30.3 Å². The van der Waals surface area contributed by atoms with Crippen LogP contribution in [0.15, 0.2) is 66.9 Å². The van der Waals surface area contributed by atoms with Gasteiger partial charge in [0.15, 0.2) is 0 Å². The highest BCUT2D eigenvalue weighted by Gasteiger charge is 2.36. The Bertz CT molecular complexity index is 1600. The van der Waals surface area contributed by atoms with Crippen molar-refractivity contribution in [3.05, 3.63) is 72.7 Å². The van der Waals surface area contributed by atoms with Gasteiger partial charge in [-0.15, -0.1) is 0 Å². The van der Waals surface area contributed by atoms with E-state index in [-0.39, 0.29) is 11.7 Å². The number of rotatable bonds is 5. The second kappa shape index (κ2) is 8.29. The van der Waals surface area contributed by atoms with Crippen molar-refractivity contribution in [2.75, 3.05) is 13.1 Å². The molecule has 1 saturated heterocycles. The monoisotopic (exact) mass is 479 g/mol. The molecule has 1 aliphatic carbocycles. The predicted octanol–water partition coefficient (Wildman–Crippen LogP) is 5.64. The Hall–Kier alpha value is -4.00. The van der Waals surface area contributed by atoms with Gasteiger partial charge in [-0.25, -0.2) is 9.37 Å². The van der Waals surface area contributed by atoms with Crippen molar-refractivity contribution in [2.45, 2.75) is 25.8 Å². The number of H-pyrrole nitrogens is 1. The zero-order valence-corrected chi connectivity index (χ0v) is 19.8. The third-order valence-corrected chi connectivity index (χ3v) is 7.59. The molecule has 2 fully saturated rings. The third-order valence-electron chi connectivity index (χ3n) is 7.59. The molecule has 1 aliphatic heterocycles. The number of nitrogens with one attached hydrogen (secondary N) is 1. The lowest BCUT2D eigenvalue weighted by Gasteiger charge is -2.18. The average molecular weight is 480 g/mol. The highest BCUT2D eigenvalue weighted by molar-refractivity contribution is 5.85. The first kappa shape index (κ1) is 21.3. The Labute approximate surface area is 207 Å². The van der Waals surface area contributed by atoms with Crippen LogP contribution in [0, 0.1) is 17.7 Å². The van der Waals surface area contributed by atoms with E-state index < -0.39 is 0 Å². The van der Waals surface area contributed by atoms with Crippen molar-refractivity contribution in [2.24, 2.45) is 11.8 Å². The molecule has 1 amide bonds. The van der Waals surface area contributed by atoms with Crippen LogP contribution in [0.4, 0.5) is 4.39 Å². The SMILES string of the molecule is O=C(C1CC1)N1CCC(Cn2c(-c3ccc(-c4ccc5[nH]ncc5c4)cc3)nc3ccc(F)cc32)C1. The van der Waals surface area contributed by atoms with Gasteiger partial charge in [0.2, 0.25) is 5.91 Å². The molecule has 3 aromatic carbocycles. The van der Waals surface area contributed by atoms with E-state index in [0.29, 0.717) is 18.4 Å². The van der Waals surface area contributed by atoms with Gasteiger partial charge >= 0.3 is 0 Å². The smallest absolute Gasteiger partial charge is 0.225 e. The number of aromatic nitrogens is 4. The van der Waals surface area contributed by atoms with Crippen LogP contribution in [-0.4, -0.2) is 43.6 Å². The summed E-state index contributed by atoms with van der Waals surface area (Å²) in [5.41, 5.74) is 5.82. The van der Waals surface area contributed by atoms with E-state index in [4.69, 9.17) is 4.98 Å². The molecule has 1 saturated carbocycles. The summed E-state index contributed by atoms with van der Waals surface area (Å²) < 4.78 is 16.4. The number of fused-ring (bicyclic) bond motifs is 2.